The molecule has 0 aliphatic carbocycles. The van der Waals surface area contributed by atoms with E-state index in [1.54, 1.807) is 18.2 Å². The number of hydrogen-bond donors (Lipinski definition) is 1. The molecule has 0 saturated carbocycles. The SMILES string of the molecule is CCCCCn1c(=O)n(CCCc2nc(Cc3c(Cl)cccc3Cl)no2)c(=O)c2[nH]c(Cl)nc21. The summed E-state index contributed by atoms with van der Waals surface area (Å²) in [6.45, 7) is 2.73. The molecule has 0 unspecified atom stereocenters. The maximum Gasteiger partial charge on any atom is 0.332 e. The lowest BCUT2D eigenvalue weighted by Crippen LogP contribution is -2.40. The number of nitrogens with one attached hydrogen (secondary N) is 1. The van der Waals surface area contributed by atoms with Crippen LogP contribution in [0.1, 0.15) is 49.9 Å². The van der Waals surface area contributed by atoms with Gasteiger partial charge in [-0.2, -0.15) is 9.97 Å². The van der Waals surface area contributed by atoms with Crippen molar-refractivity contribution in [1.82, 2.24) is 29.2 Å². The predicted molar refractivity (Wildman–Crippen MR) is 131 cm³/mol. The number of nitrogens with zero attached hydrogens (tertiary/aromatic N) is 5. The Morgan fingerprint density at radius 1 is 1.00 bits per heavy atom. The highest BCUT2D eigenvalue weighted by Crippen LogP contribution is 2.26. The van der Waals surface area contributed by atoms with E-state index in [4.69, 9.17) is 39.3 Å². The zero-order valence-corrected chi connectivity index (χ0v) is 20.8. The second-order valence-corrected chi connectivity index (χ2v) is 9.08. The first-order valence-corrected chi connectivity index (χ1v) is 12.2. The zero-order valence-electron chi connectivity index (χ0n) is 18.5. The number of aromatic amines is 1. The van der Waals surface area contributed by atoms with Crippen molar-refractivity contribution in [2.45, 2.75) is 58.5 Å². The first-order valence-electron chi connectivity index (χ1n) is 11.0. The van der Waals surface area contributed by atoms with Crippen molar-refractivity contribution in [2.24, 2.45) is 0 Å². The minimum Gasteiger partial charge on any atom is -0.339 e. The van der Waals surface area contributed by atoms with E-state index in [2.05, 4.69) is 27.0 Å². The van der Waals surface area contributed by atoms with Gasteiger partial charge in [-0.05, 0) is 42.1 Å². The summed E-state index contributed by atoms with van der Waals surface area (Å²) in [5.41, 5.74) is 0.367. The van der Waals surface area contributed by atoms with Crippen LogP contribution in [0.3, 0.4) is 0 Å². The molecule has 0 fully saturated rings. The maximum absolute atomic E-state index is 13.1. The van der Waals surface area contributed by atoms with Gasteiger partial charge < -0.3 is 9.51 Å². The van der Waals surface area contributed by atoms with Crippen molar-refractivity contribution in [3.63, 3.8) is 0 Å². The lowest BCUT2D eigenvalue weighted by molar-refractivity contribution is 0.367. The molecule has 34 heavy (non-hydrogen) atoms. The number of benzene rings is 1. The molecule has 0 saturated heterocycles. The molecule has 0 aliphatic rings. The second-order valence-electron chi connectivity index (χ2n) is 7.91. The third-order valence-corrected chi connectivity index (χ3v) is 6.38. The summed E-state index contributed by atoms with van der Waals surface area (Å²) in [5.74, 6) is 0.856. The van der Waals surface area contributed by atoms with E-state index in [1.807, 2.05) is 0 Å². The molecule has 0 aliphatic heterocycles. The van der Waals surface area contributed by atoms with Gasteiger partial charge in [0.2, 0.25) is 11.2 Å². The molecule has 1 aromatic carbocycles. The molecular formula is C22H23Cl3N6O3. The van der Waals surface area contributed by atoms with Crippen LogP contribution in [0, 0.1) is 0 Å². The first kappa shape index (κ1) is 24.5. The number of hydrogen-bond acceptors (Lipinski definition) is 6. The first-order chi connectivity index (χ1) is 16.4. The average molecular weight is 526 g/mol. The minimum absolute atomic E-state index is 0.0745. The van der Waals surface area contributed by atoms with Gasteiger partial charge in [0.15, 0.2) is 17.0 Å². The van der Waals surface area contributed by atoms with Gasteiger partial charge in [-0.3, -0.25) is 13.9 Å². The quantitative estimate of drug-likeness (QED) is 0.238. The number of rotatable bonds is 10. The van der Waals surface area contributed by atoms with E-state index in [-0.39, 0.29) is 23.0 Å². The summed E-state index contributed by atoms with van der Waals surface area (Å²) in [5, 5.41) is 5.12. The fourth-order valence-corrected chi connectivity index (χ4v) is 4.47. The van der Waals surface area contributed by atoms with Crippen molar-refractivity contribution in [2.75, 3.05) is 0 Å². The van der Waals surface area contributed by atoms with Crippen molar-refractivity contribution in [3.8, 4) is 0 Å². The van der Waals surface area contributed by atoms with Crippen molar-refractivity contribution >= 4 is 46.0 Å². The number of unbranched alkanes of at least 4 members (excludes halogenated alkanes) is 2. The van der Waals surface area contributed by atoms with Crippen LogP contribution in [0.5, 0.6) is 0 Å². The van der Waals surface area contributed by atoms with Crippen LogP contribution < -0.4 is 11.2 Å². The Bertz CT molecular complexity index is 1400. The molecule has 180 valence electrons. The van der Waals surface area contributed by atoms with E-state index < -0.39 is 11.2 Å². The smallest absolute Gasteiger partial charge is 0.332 e. The summed E-state index contributed by atoms with van der Waals surface area (Å²) < 4.78 is 8.03. The van der Waals surface area contributed by atoms with Crippen LogP contribution in [0.15, 0.2) is 32.3 Å². The van der Waals surface area contributed by atoms with Gasteiger partial charge in [0.25, 0.3) is 5.56 Å². The van der Waals surface area contributed by atoms with Gasteiger partial charge in [-0.15, -0.1) is 0 Å². The molecule has 0 bridgehead atoms. The highest BCUT2D eigenvalue weighted by molar-refractivity contribution is 6.36. The second kappa shape index (κ2) is 10.8. The van der Waals surface area contributed by atoms with Crippen LogP contribution >= 0.6 is 34.8 Å². The van der Waals surface area contributed by atoms with Crippen LogP contribution in [0.2, 0.25) is 15.3 Å². The normalized spacial score (nSPS) is 11.5. The Hall–Kier alpha value is -2.62. The number of aryl methyl sites for hydroxylation is 2. The van der Waals surface area contributed by atoms with Gasteiger partial charge in [0, 0.05) is 36.0 Å². The zero-order chi connectivity index (χ0) is 24.2. The van der Waals surface area contributed by atoms with Gasteiger partial charge in [-0.1, -0.05) is 54.2 Å². The van der Waals surface area contributed by atoms with Crippen LogP contribution in [0.4, 0.5) is 0 Å². The van der Waals surface area contributed by atoms with Gasteiger partial charge in [-0.25, -0.2) is 4.79 Å². The van der Waals surface area contributed by atoms with Crippen molar-refractivity contribution in [1.29, 1.82) is 0 Å². The summed E-state index contributed by atoms with van der Waals surface area (Å²) >= 11 is 18.4. The lowest BCUT2D eigenvalue weighted by Gasteiger charge is -2.10. The molecule has 3 aromatic heterocycles. The van der Waals surface area contributed by atoms with E-state index in [1.165, 1.54) is 9.13 Å². The van der Waals surface area contributed by atoms with Crippen LogP contribution in [-0.4, -0.2) is 29.2 Å². The minimum atomic E-state index is -0.453. The largest absolute Gasteiger partial charge is 0.339 e. The van der Waals surface area contributed by atoms with Gasteiger partial charge >= 0.3 is 5.69 Å². The van der Waals surface area contributed by atoms with Crippen molar-refractivity contribution in [3.05, 3.63) is 71.6 Å². The average Bonchev–Trinajstić information content (AvgIpc) is 3.42. The number of H-pyrrole nitrogens is 1. The standard InChI is InChI=1S/C22H23Cl3N6O3/c1-2-3-4-10-30-19-18(27-21(25)28-19)20(32)31(22(30)33)11-6-9-17-26-16(29-34-17)12-13-14(23)7-5-8-15(13)24/h5,7-8H,2-4,6,9-12H2,1H3,(H,27,28). The summed E-state index contributed by atoms with van der Waals surface area (Å²) in [6.07, 6.45) is 3.95. The van der Waals surface area contributed by atoms with Crippen molar-refractivity contribution < 1.29 is 4.52 Å². The van der Waals surface area contributed by atoms with E-state index in [9.17, 15) is 9.59 Å². The fraction of sp³-hybridized carbons (Fsp3) is 0.409. The summed E-state index contributed by atoms with van der Waals surface area (Å²) in [4.78, 5) is 37.3. The number of halogens is 3. The predicted octanol–water partition coefficient (Wildman–Crippen LogP) is 4.64. The molecule has 4 aromatic rings. The maximum atomic E-state index is 13.1. The highest BCUT2D eigenvalue weighted by atomic mass is 35.5. The Morgan fingerprint density at radius 3 is 2.47 bits per heavy atom. The van der Waals surface area contributed by atoms with E-state index in [0.29, 0.717) is 47.6 Å². The molecule has 12 heteroatoms. The summed E-state index contributed by atoms with van der Waals surface area (Å²) in [7, 11) is 0. The molecule has 1 N–H and O–H groups in total. The number of aromatic nitrogens is 6. The molecule has 4 rings (SSSR count). The van der Waals surface area contributed by atoms with E-state index >= 15 is 0 Å². The van der Waals surface area contributed by atoms with E-state index in [0.717, 1.165) is 24.8 Å². The third kappa shape index (κ3) is 5.21. The Balaban J connectivity index is 1.49. The Morgan fingerprint density at radius 2 is 1.74 bits per heavy atom. The molecule has 0 atom stereocenters. The molecule has 9 nitrogen and oxygen atoms in total. The van der Waals surface area contributed by atoms with Gasteiger partial charge in [0.1, 0.15) is 0 Å². The summed E-state index contributed by atoms with van der Waals surface area (Å²) in [6, 6.07) is 5.27. The molecular weight excluding hydrogens is 503 g/mol. The Labute approximate surface area is 209 Å². The lowest BCUT2D eigenvalue weighted by atomic mass is 10.1. The Kier molecular flexibility index (Phi) is 7.75. The third-order valence-electron chi connectivity index (χ3n) is 5.50. The molecule has 0 radical (unpaired) electrons. The number of imidazole rings is 1. The highest BCUT2D eigenvalue weighted by Gasteiger charge is 2.17. The van der Waals surface area contributed by atoms with Crippen LogP contribution in [0.25, 0.3) is 11.2 Å². The molecule has 0 amide bonds. The number of fused-ring (bicyclic) bond motifs is 1. The molecule has 3 heterocycles. The van der Waals surface area contributed by atoms with Gasteiger partial charge in [0.05, 0.1) is 0 Å². The van der Waals surface area contributed by atoms with Crippen LogP contribution in [-0.2, 0) is 25.9 Å². The topological polar surface area (TPSA) is 112 Å². The monoisotopic (exact) mass is 524 g/mol. The fourth-order valence-electron chi connectivity index (χ4n) is 3.77. The molecule has 0 spiro atoms.